The van der Waals surface area contributed by atoms with Gasteiger partial charge in [-0.25, -0.2) is 4.98 Å². The molecule has 3 rings (SSSR count). The average molecular weight is 229 g/mol. The van der Waals surface area contributed by atoms with Crippen LogP contribution >= 0.6 is 0 Å². The third kappa shape index (κ3) is 1.98. The Morgan fingerprint density at radius 2 is 2.47 bits per heavy atom. The van der Waals surface area contributed by atoms with Crippen molar-refractivity contribution < 1.29 is 4.74 Å². The minimum atomic E-state index is 0.426. The molecule has 4 nitrogen and oxygen atoms in total. The van der Waals surface area contributed by atoms with E-state index >= 15 is 0 Å². The summed E-state index contributed by atoms with van der Waals surface area (Å²) in [4.78, 5) is 4.04. The number of aromatic nitrogens is 1. The van der Waals surface area contributed by atoms with E-state index in [1.807, 2.05) is 12.1 Å². The first kappa shape index (κ1) is 10.5. The van der Waals surface area contributed by atoms with Crippen LogP contribution in [0.3, 0.4) is 0 Å². The third-order valence-corrected chi connectivity index (χ3v) is 3.70. The van der Waals surface area contributed by atoms with Crippen LogP contribution < -0.4 is 5.32 Å². The summed E-state index contributed by atoms with van der Waals surface area (Å²) in [7, 11) is 0. The van der Waals surface area contributed by atoms with Gasteiger partial charge in [0.05, 0.1) is 17.9 Å². The van der Waals surface area contributed by atoms with Crippen LogP contribution in [-0.4, -0.2) is 23.7 Å². The molecule has 3 heterocycles. The fourth-order valence-electron chi connectivity index (χ4n) is 2.84. The van der Waals surface area contributed by atoms with Gasteiger partial charge in [0.1, 0.15) is 6.07 Å². The molecule has 0 radical (unpaired) electrons. The number of hydrogen-bond donors (Lipinski definition) is 1. The van der Waals surface area contributed by atoms with Gasteiger partial charge in [0.15, 0.2) is 5.69 Å². The first-order valence-corrected chi connectivity index (χ1v) is 6.11. The lowest BCUT2D eigenvalue weighted by Crippen LogP contribution is -2.24. The molecule has 0 saturated carbocycles. The van der Waals surface area contributed by atoms with Gasteiger partial charge in [0, 0.05) is 18.7 Å². The Morgan fingerprint density at radius 3 is 3.18 bits per heavy atom. The largest absolute Gasteiger partial charge is 0.382 e. The second kappa shape index (κ2) is 4.34. The molecule has 3 atom stereocenters. The van der Waals surface area contributed by atoms with Gasteiger partial charge in [-0.3, -0.25) is 0 Å². The summed E-state index contributed by atoms with van der Waals surface area (Å²) in [6.07, 6.45) is 6.11. The molecule has 0 spiro atoms. The van der Waals surface area contributed by atoms with Gasteiger partial charge in [-0.15, -0.1) is 0 Å². The summed E-state index contributed by atoms with van der Waals surface area (Å²) in [5, 5.41) is 12.3. The number of nitriles is 1. The number of nitrogens with zero attached hydrogens (tertiary/aromatic N) is 2. The fourth-order valence-corrected chi connectivity index (χ4v) is 2.84. The zero-order chi connectivity index (χ0) is 11.7. The Kier molecular flexibility index (Phi) is 2.69. The van der Waals surface area contributed by atoms with Crippen molar-refractivity contribution in [2.24, 2.45) is 5.92 Å². The van der Waals surface area contributed by atoms with Crippen molar-refractivity contribution in [3.8, 4) is 6.07 Å². The number of nitrogens with one attached hydrogen (secondary N) is 1. The predicted molar refractivity (Wildman–Crippen MR) is 63.4 cm³/mol. The molecule has 0 aliphatic carbocycles. The summed E-state index contributed by atoms with van der Waals surface area (Å²) in [5.41, 5.74) is 1.30. The van der Waals surface area contributed by atoms with Crippen molar-refractivity contribution in [1.29, 1.82) is 5.26 Å². The first-order valence-electron chi connectivity index (χ1n) is 6.11. The van der Waals surface area contributed by atoms with Crippen LogP contribution in [0.25, 0.3) is 0 Å². The fraction of sp³-hybridized carbons (Fsp3) is 0.538. The highest BCUT2D eigenvalue weighted by Gasteiger charge is 2.40. The van der Waals surface area contributed by atoms with Gasteiger partial charge in [-0.05, 0) is 31.4 Å². The lowest BCUT2D eigenvalue weighted by molar-refractivity contribution is 0.0941. The SMILES string of the molecule is N#Cc1ncccc1NCC1CC2CCC1O2. The lowest BCUT2D eigenvalue weighted by atomic mass is 9.89. The molecule has 2 bridgehead atoms. The zero-order valence-corrected chi connectivity index (χ0v) is 9.60. The van der Waals surface area contributed by atoms with Crippen molar-refractivity contribution in [2.45, 2.75) is 31.5 Å². The van der Waals surface area contributed by atoms with Gasteiger partial charge in [-0.1, -0.05) is 0 Å². The number of rotatable bonds is 3. The zero-order valence-electron chi connectivity index (χ0n) is 9.60. The first-order chi connectivity index (χ1) is 8.36. The summed E-state index contributed by atoms with van der Waals surface area (Å²) < 4.78 is 5.81. The van der Waals surface area contributed by atoms with E-state index in [4.69, 9.17) is 10.00 Å². The summed E-state index contributed by atoms with van der Waals surface area (Å²) in [6.45, 7) is 0.877. The molecular weight excluding hydrogens is 214 g/mol. The topological polar surface area (TPSA) is 57.9 Å². The Bertz CT molecular complexity index is 454. The molecule has 2 aliphatic rings. The second-order valence-electron chi connectivity index (χ2n) is 4.76. The van der Waals surface area contributed by atoms with E-state index in [2.05, 4.69) is 16.4 Å². The minimum Gasteiger partial charge on any atom is -0.382 e. The number of hydrogen-bond acceptors (Lipinski definition) is 4. The smallest absolute Gasteiger partial charge is 0.163 e. The van der Waals surface area contributed by atoms with Crippen LogP contribution in [0.5, 0.6) is 0 Å². The third-order valence-electron chi connectivity index (χ3n) is 3.70. The highest BCUT2D eigenvalue weighted by atomic mass is 16.5. The number of fused-ring (bicyclic) bond motifs is 2. The highest BCUT2D eigenvalue weighted by Crippen LogP contribution is 2.38. The average Bonchev–Trinajstić information content (AvgIpc) is 2.98. The molecule has 0 aromatic carbocycles. The standard InChI is InChI=1S/C13H15N3O/c14-7-12-11(2-1-5-15-12)16-8-9-6-10-3-4-13(9)17-10/h1-2,5,9-10,13,16H,3-4,6,8H2. The lowest BCUT2D eigenvalue weighted by Gasteiger charge is -2.19. The van der Waals surface area contributed by atoms with E-state index in [1.54, 1.807) is 6.20 Å². The second-order valence-corrected chi connectivity index (χ2v) is 4.76. The molecule has 2 aliphatic heterocycles. The van der Waals surface area contributed by atoms with Crippen LogP contribution in [-0.2, 0) is 4.74 Å². The predicted octanol–water partition coefficient (Wildman–Crippen LogP) is 1.93. The normalized spacial score (nSPS) is 30.2. The molecule has 1 aromatic heterocycles. The number of ether oxygens (including phenoxy) is 1. The van der Waals surface area contributed by atoms with E-state index in [0.29, 0.717) is 23.8 Å². The molecule has 3 unspecified atom stereocenters. The van der Waals surface area contributed by atoms with Gasteiger partial charge < -0.3 is 10.1 Å². The summed E-state index contributed by atoms with van der Waals surface area (Å²) in [5.74, 6) is 0.584. The Hall–Kier alpha value is -1.60. The maximum absolute atomic E-state index is 8.94. The molecule has 17 heavy (non-hydrogen) atoms. The monoisotopic (exact) mass is 229 g/mol. The van der Waals surface area contributed by atoms with Gasteiger partial charge in [0.2, 0.25) is 0 Å². The van der Waals surface area contributed by atoms with Crippen LogP contribution in [0.2, 0.25) is 0 Å². The quantitative estimate of drug-likeness (QED) is 0.860. The van der Waals surface area contributed by atoms with E-state index < -0.39 is 0 Å². The van der Waals surface area contributed by atoms with E-state index in [0.717, 1.165) is 18.7 Å². The molecule has 4 heteroatoms. The molecule has 88 valence electrons. The maximum atomic E-state index is 8.94. The van der Waals surface area contributed by atoms with Crippen LogP contribution in [0.4, 0.5) is 5.69 Å². The Morgan fingerprint density at radius 1 is 1.53 bits per heavy atom. The minimum absolute atomic E-state index is 0.426. The Labute approximate surface area is 101 Å². The van der Waals surface area contributed by atoms with Crippen molar-refractivity contribution in [3.63, 3.8) is 0 Å². The highest BCUT2D eigenvalue weighted by molar-refractivity contribution is 5.53. The molecule has 0 amide bonds. The number of pyridine rings is 1. The van der Waals surface area contributed by atoms with Gasteiger partial charge >= 0.3 is 0 Å². The van der Waals surface area contributed by atoms with Crippen molar-refractivity contribution in [3.05, 3.63) is 24.0 Å². The molecule has 1 aromatic rings. The summed E-state index contributed by atoms with van der Waals surface area (Å²) >= 11 is 0. The van der Waals surface area contributed by atoms with Crippen LogP contribution in [0.1, 0.15) is 25.0 Å². The molecule has 1 N–H and O–H groups in total. The van der Waals surface area contributed by atoms with Crippen LogP contribution in [0, 0.1) is 17.2 Å². The van der Waals surface area contributed by atoms with E-state index in [1.165, 1.54) is 12.8 Å². The van der Waals surface area contributed by atoms with Gasteiger partial charge in [0.25, 0.3) is 0 Å². The number of anilines is 1. The van der Waals surface area contributed by atoms with Gasteiger partial charge in [-0.2, -0.15) is 5.26 Å². The van der Waals surface area contributed by atoms with Crippen LogP contribution in [0.15, 0.2) is 18.3 Å². The Balaban J connectivity index is 1.63. The van der Waals surface area contributed by atoms with Crippen molar-refractivity contribution in [2.75, 3.05) is 11.9 Å². The van der Waals surface area contributed by atoms with Crippen molar-refractivity contribution in [1.82, 2.24) is 4.98 Å². The summed E-state index contributed by atoms with van der Waals surface area (Å²) in [6, 6.07) is 5.85. The molecule has 2 fully saturated rings. The molecular formula is C13H15N3O. The molecule has 2 saturated heterocycles. The van der Waals surface area contributed by atoms with Crippen molar-refractivity contribution >= 4 is 5.69 Å². The van der Waals surface area contributed by atoms with E-state index in [9.17, 15) is 0 Å². The van der Waals surface area contributed by atoms with E-state index in [-0.39, 0.29) is 0 Å². The maximum Gasteiger partial charge on any atom is 0.163 e.